The van der Waals surface area contributed by atoms with E-state index in [1.54, 1.807) is 13.0 Å². The van der Waals surface area contributed by atoms with Crippen molar-refractivity contribution in [3.8, 4) is 11.5 Å². The minimum atomic E-state index is -0.644. The summed E-state index contributed by atoms with van der Waals surface area (Å²) in [5, 5.41) is 10.6. The number of phenolic OH excluding ortho intramolecular Hbond substituents is 1. The van der Waals surface area contributed by atoms with Crippen LogP contribution in [0.4, 0.5) is 0 Å². The first kappa shape index (κ1) is 27.2. The standard InChI is InChI=1S/C30H36O6/c1-6-8-16-26-27(36-30(4,5)35-26)17-12-13-21(3)34-29(32)28-23(7-2)18-24(19-25(28)31)33-20-22-14-10-9-11-15-22/h6-7,9-12,14-15,17-19,21,26-27,31H,1-2,8,13,16,20H2,3-5H3/b17-12+/t21-,26-,27+/m0/s1. The highest BCUT2D eigenvalue weighted by atomic mass is 16.7. The summed E-state index contributed by atoms with van der Waals surface area (Å²) in [6.07, 6.45) is 8.76. The van der Waals surface area contributed by atoms with Crippen molar-refractivity contribution in [3.05, 3.63) is 90.5 Å². The van der Waals surface area contributed by atoms with Crippen LogP contribution in [0.15, 0.2) is 73.9 Å². The zero-order chi connectivity index (χ0) is 26.1. The van der Waals surface area contributed by atoms with Crippen molar-refractivity contribution in [3.63, 3.8) is 0 Å². The highest BCUT2D eigenvalue weighted by molar-refractivity contribution is 5.97. The second kappa shape index (κ2) is 12.6. The lowest BCUT2D eigenvalue weighted by Gasteiger charge is -2.16. The molecule has 1 aliphatic rings. The molecule has 6 nitrogen and oxygen atoms in total. The lowest BCUT2D eigenvalue weighted by Crippen LogP contribution is -2.21. The van der Waals surface area contributed by atoms with E-state index in [0.717, 1.165) is 18.4 Å². The number of allylic oxidation sites excluding steroid dienone is 1. The molecule has 0 amide bonds. The van der Waals surface area contributed by atoms with Crippen LogP contribution in [0.1, 0.15) is 61.5 Å². The lowest BCUT2D eigenvalue weighted by atomic mass is 10.1. The molecular formula is C30H36O6. The number of aromatic hydroxyl groups is 1. The number of esters is 1. The van der Waals surface area contributed by atoms with Gasteiger partial charge in [0.25, 0.3) is 0 Å². The molecule has 2 aromatic rings. The van der Waals surface area contributed by atoms with E-state index >= 15 is 0 Å². The quantitative estimate of drug-likeness (QED) is 0.266. The molecule has 1 saturated heterocycles. The maximum atomic E-state index is 12.9. The van der Waals surface area contributed by atoms with Crippen LogP contribution in [0.2, 0.25) is 0 Å². The zero-order valence-corrected chi connectivity index (χ0v) is 21.3. The lowest BCUT2D eigenvalue weighted by molar-refractivity contribution is -0.143. The third-order valence-corrected chi connectivity index (χ3v) is 5.77. The van der Waals surface area contributed by atoms with Gasteiger partial charge >= 0.3 is 5.97 Å². The zero-order valence-electron chi connectivity index (χ0n) is 21.3. The molecule has 0 spiro atoms. The summed E-state index contributed by atoms with van der Waals surface area (Å²) in [5.41, 5.74) is 1.49. The Bertz CT molecular complexity index is 1070. The van der Waals surface area contributed by atoms with Gasteiger partial charge in [-0.1, -0.05) is 61.2 Å². The van der Waals surface area contributed by atoms with Crippen molar-refractivity contribution >= 4 is 12.0 Å². The Hall–Kier alpha value is -3.35. The molecule has 36 heavy (non-hydrogen) atoms. The van der Waals surface area contributed by atoms with Gasteiger partial charge in [0.1, 0.15) is 35.9 Å². The Morgan fingerprint density at radius 1 is 1.19 bits per heavy atom. The van der Waals surface area contributed by atoms with Gasteiger partial charge in [0.15, 0.2) is 5.79 Å². The van der Waals surface area contributed by atoms with Gasteiger partial charge in [0.05, 0.1) is 6.10 Å². The Balaban J connectivity index is 1.59. The topological polar surface area (TPSA) is 74.2 Å². The molecule has 1 aliphatic heterocycles. The first-order chi connectivity index (χ1) is 17.2. The van der Waals surface area contributed by atoms with E-state index in [1.807, 2.05) is 62.4 Å². The molecule has 0 saturated carbocycles. The maximum Gasteiger partial charge on any atom is 0.342 e. The molecule has 0 bridgehead atoms. The molecule has 6 heteroatoms. The molecule has 1 heterocycles. The van der Waals surface area contributed by atoms with Crippen LogP contribution >= 0.6 is 0 Å². The summed E-state index contributed by atoms with van der Waals surface area (Å²) in [7, 11) is 0. The van der Waals surface area contributed by atoms with Crippen LogP contribution in [0.25, 0.3) is 6.08 Å². The fourth-order valence-corrected chi connectivity index (χ4v) is 4.06. The molecule has 192 valence electrons. The third kappa shape index (κ3) is 7.57. The van der Waals surface area contributed by atoms with Crippen LogP contribution in [-0.4, -0.2) is 35.2 Å². The van der Waals surface area contributed by atoms with Crippen molar-refractivity contribution < 1.29 is 28.8 Å². The molecule has 2 aromatic carbocycles. The van der Waals surface area contributed by atoms with Crippen LogP contribution in [0.5, 0.6) is 11.5 Å². The second-order valence-corrected chi connectivity index (χ2v) is 9.27. The fraction of sp³-hybridized carbons (Fsp3) is 0.367. The molecule has 0 unspecified atom stereocenters. The van der Waals surface area contributed by atoms with Gasteiger partial charge in [-0.15, -0.1) is 6.58 Å². The summed E-state index contributed by atoms with van der Waals surface area (Å²) < 4.78 is 23.4. The third-order valence-electron chi connectivity index (χ3n) is 5.77. The predicted molar refractivity (Wildman–Crippen MR) is 141 cm³/mol. The average Bonchev–Trinajstić information content (AvgIpc) is 3.14. The molecular weight excluding hydrogens is 456 g/mol. The number of benzene rings is 2. The van der Waals surface area contributed by atoms with E-state index in [4.69, 9.17) is 18.9 Å². The molecule has 1 N–H and O–H groups in total. The van der Waals surface area contributed by atoms with Crippen LogP contribution in [0.3, 0.4) is 0 Å². The number of carbonyl (C=O) groups is 1. The van der Waals surface area contributed by atoms with Crippen molar-refractivity contribution in [2.75, 3.05) is 0 Å². The van der Waals surface area contributed by atoms with Crippen molar-refractivity contribution in [1.82, 2.24) is 0 Å². The smallest absolute Gasteiger partial charge is 0.342 e. The van der Waals surface area contributed by atoms with E-state index in [1.165, 1.54) is 12.1 Å². The van der Waals surface area contributed by atoms with Gasteiger partial charge < -0.3 is 24.1 Å². The van der Waals surface area contributed by atoms with Gasteiger partial charge in [0, 0.05) is 12.5 Å². The Morgan fingerprint density at radius 3 is 2.64 bits per heavy atom. The molecule has 3 rings (SSSR count). The predicted octanol–water partition coefficient (Wildman–Crippen LogP) is 6.59. The van der Waals surface area contributed by atoms with Crippen LogP contribution in [-0.2, 0) is 20.8 Å². The molecule has 0 aromatic heterocycles. The van der Waals surface area contributed by atoms with Gasteiger partial charge in [0.2, 0.25) is 0 Å². The summed E-state index contributed by atoms with van der Waals surface area (Å²) in [6.45, 7) is 13.5. The van der Waals surface area contributed by atoms with Gasteiger partial charge in [-0.2, -0.15) is 0 Å². The monoisotopic (exact) mass is 492 g/mol. The van der Waals surface area contributed by atoms with Crippen molar-refractivity contribution in [2.45, 2.75) is 70.7 Å². The van der Waals surface area contributed by atoms with Gasteiger partial charge in [-0.25, -0.2) is 4.79 Å². The molecule has 0 aliphatic carbocycles. The SMILES string of the molecule is C=CCC[C@@H]1OC(C)(C)O[C@@H]1/C=C/C[C@H](C)OC(=O)c1c(O)cc(OCc2ccccc2)cc1C=C. The Morgan fingerprint density at radius 2 is 1.94 bits per heavy atom. The number of rotatable bonds is 12. The summed E-state index contributed by atoms with van der Waals surface area (Å²) >= 11 is 0. The highest BCUT2D eigenvalue weighted by Gasteiger charge is 2.39. The summed E-state index contributed by atoms with van der Waals surface area (Å²) in [4.78, 5) is 12.9. The normalized spacial score (nSPS) is 19.6. The largest absolute Gasteiger partial charge is 0.507 e. The molecule has 3 atom stereocenters. The maximum absolute atomic E-state index is 12.9. The van der Waals surface area contributed by atoms with Crippen molar-refractivity contribution in [1.29, 1.82) is 0 Å². The van der Waals surface area contributed by atoms with E-state index < -0.39 is 17.9 Å². The molecule has 1 fully saturated rings. The Labute approximate surface area is 213 Å². The van der Waals surface area contributed by atoms with Crippen LogP contribution < -0.4 is 4.74 Å². The van der Waals surface area contributed by atoms with E-state index in [-0.39, 0.29) is 23.5 Å². The number of hydrogen-bond donors (Lipinski definition) is 1. The number of ether oxygens (including phenoxy) is 4. The fourth-order valence-electron chi connectivity index (χ4n) is 4.06. The van der Waals surface area contributed by atoms with Crippen molar-refractivity contribution in [2.24, 2.45) is 0 Å². The summed E-state index contributed by atoms with van der Waals surface area (Å²) in [6, 6.07) is 12.8. The minimum absolute atomic E-state index is 0.0539. The van der Waals surface area contributed by atoms with E-state index in [9.17, 15) is 9.90 Å². The van der Waals surface area contributed by atoms with E-state index in [2.05, 4.69) is 13.2 Å². The minimum Gasteiger partial charge on any atom is -0.507 e. The number of carbonyl (C=O) groups excluding carboxylic acids is 1. The number of hydrogen-bond acceptors (Lipinski definition) is 6. The second-order valence-electron chi connectivity index (χ2n) is 9.27. The summed E-state index contributed by atoms with van der Waals surface area (Å²) in [5.74, 6) is -1.05. The van der Waals surface area contributed by atoms with Gasteiger partial charge in [-0.05, 0) is 50.8 Å². The first-order valence-corrected chi connectivity index (χ1v) is 12.2. The van der Waals surface area contributed by atoms with Gasteiger partial charge in [-0.3, -0.25) is 0 Å². The Kier molecular flexibility index (Phi) is 9.51. The number of phenols is 1. The average molecular weight is 493 g/mol. The highest BCUT2D eigenvalue weighted by Crippen LogP contribution is 2.32. The molecule has 0 radical (unpaired) electrons. The van der Waals surface area contributed by atoms with Crippen LogP contribution in [0, 0.1) is 0 Å². The first-order valence-electron chi connectivity index (χ1n) is 12.2. The van der Waals surface area contributed by atoms with E-state index in [0.29, 0.717) is 24.3 Å².